The zero-order chi connectivity index (χ0) is 22.2. The fraction of sp³-hybridized carbons (Fsp3) is 0.240. The van der Waals surface area contributed by atoms with Crippen LogP contribution < -0.4 is 10.8 Å². The highest BCUT2D eigenvalue weighted by molar-refractivity contribution is 7.95. The van der Waals surface area contributed by atoms with Gasteiger partial charge >= 0.3 is 0 Å². The molecule has 0 fully saturated rings. The SMILES string of the molecule is NCC[N+](CCCCl)(SC(c1ccccc1)(c1ccccc1)c1ccccc1)C(=O)[O-]. The van der Waals surface area contributed by atoms with Gasteiger partial charge in [0.2, 0.25) is 0 Å². The number of carbonyl (C=O) groups is 1. The second kappa shape index (κ2) is 10.8. The lowest BCUT2D eigenvalue weighted by Gasteiger charge is -2.43. The number of nitrogens with two attached hydrogens (primary N) is 1. The Morgan fingerprint density at radius 2 is 1.26 bits per heavy atom. The number of quaternary nitrogens is 1. The third-order valence-electron chi connectivity index (χ3n) is 5.33. The van der Waals surface area contributed by atoms with Crippen molar-refractivity contribution in [1.82, 2.24) is 0 Å². The summed E-state index contributed by atoms with van der Waals surface area (Å²) in [4.78, 5) is 12.6. The van der Waals surface area contributed by atoms with Crippen molar-refractivity contribution in [2.45, 2.75) is 11.2 Å². The van der Waals surface area contributed by atoms with Crippen molar-refractivity contribution in [3.05, 3.63) is 108 Å². The first kappa shape index (κ1) is 23.4. The molecule has 0 aliphatic rings. The highest BCUT2D eigenvalue weighted by Gasteiger charge is 2.48. The number of halogens is 1. The van der Waals surface area contributed by atoms with Crippen LogP contribution in [0.15, 0.2) is 91.0 Å². The van der Waals surface area contributed by atoms with E-state index in [1.165, 1.54) is 11.9 Å². The summed E-state index contributed by atoms with van der Waals surface area (Å²) in [6.45, 7) is 0.776. The first-order chi connectivity index (χ1) is 15.1. The van der Waals surface area contributed by atoms with Crippen LogP contribution in [-0.4, -0.2) is 35.5 Å². The summed E-state index contributed by atoms with van der Waals surface area (Å²) in [5, 5.41) is 12.6. The fourth-order valence-electron chi connectivity index (χ4n) is 3.89. The van der Waals surface area contributed by atoms with Crippen molar-refractivity contribution in [1.29, 1.82) is 0 Å². The van der Waals surface area contributed by atoms with Gasteiger partial charge in [0.1, 0.15) is 23.2 Å². The monoisotopic (exact) mass is 454 g/mol. The lowest BCUT2D eigenvalue weighted by atomic mass is 9.84. The maximum atomic E-state index is 12.6. The van der Waals surface area contributed by atoms with Crippen LogP contribution in [0.5, 0.6) is 0 Å². The van der Waals surface area contributed by atoms with Crippen molar-refractivity contribution in [3.8, 4) is 0 Å². The molecule has 0 aliphatic carbocycles. The second-order valence-corrected chi connectivity index (χ2v) is 9.18. The van der Waals surface area contributed by atoms with Crippen LogP contribution in [0.25, 0.3) is 0 Å². The Morgan fingerprint density at radius 1 is 0.839 bits per heavy atom. The number of hydrogen-bond donors (Lipinski definition) is 1. The minimum Gasteiger partial charge on any atom is -0.497 e. The molecule has 4 nitrogen and oxygen atoms in total. The molecule has 1 unspecified atom stereocenters. The predicted octanol–water partition coefficient (Wildman–Crippen LogP) is 4.37. The maximum Gasteiger partial charge on any atom is 0.269 e. The average molecular weight is 455 g/mol. The molecule has 6 heteroatoms. The summed E-state index contributed by atoms with van der Waals surface area (Å²) in [5.41, 5.74) is 8.88. The molecule has 0 bridgehead atoms. The third-order valence-corrected chi connectivity index (χ3v) is 7.44. The second-order valence-electron chi connectivity index (χ2n) is 7.30. The minimum absolute atomic E-state index is 0.220. The van der Waals surface area contributed by atoms with Crippen molar-refractivity contribution in [2.24, 2.45) is 5.73 Å². The van der Waals surface area contributed by atoms with Gasteiger partial charge in [-0.2, -0.15) is 0 Å². The van der Waals surface area contributed by atoms with E-state index in [-0.39, 0.29) is 17.0 Å². The molecule has 3 aromatic rings. The van der Waals surface area contributed by atoms with E-state index < -0.39 is 10.8 Å². The molecule has 2 N–H and O–H groups in total. The van der Waals surface area contributed by atoms with Crippen LogP contribution >= 0.6 is 23.5 Å². The van der Waals surface area contributed by atoms with Crippen molar-refractivity contribution in [3.63, 3.8) is 0 Å². The number of benzene rings is 3. The Morgan fingerprint density at radius 3 is 1.58 bits per heavy atom. The van der Waals surface area contributed by atoms with Gasteiger partial charge in [0.05, 0.1) is 6.54 Å². The van der Waals surface area contributed by atoms with Crippen LogP contribution in [0.3, 0.4) is 0 Å². The van der Waals surface area contributed by atoms with E-state index in [1.54, 1.807) is 0 Å². The zero-order valence-electron chi connectivity index (χ0n) is 17.3. The molecule has 3 rings (SSSR count). The van der Waals surface area contributed by atoms with E-state index in [0.717, 1.165) is 16.7 Å². The molecule has 0 saturated heterocycles. The van der Waals surface area contributed by atoms with E-state index in [2.05, 4.69) is 0 Å². The first-order valence-corrected chi connectivity index (χ1v) is 11.6. The Hall–Kier alpha value is -2.31. The number of hydrogen-bond acceptors (Lipinski definition) is 4. The molecule has 0 heterocycles. The highest BCUT2D eigenvalue weighted by atomic mass is 35.5. The Labute approximate surface area is 193 Å². The molecule has 3 aromatic carbocycles. The quantitative estimate of drug-likeness (QED) is 0.214. The number of carboxylic acid groups (broad SMARTS) is 1. The Kier molecular flexibility index (Phi) is 8.15. The van der Waals surface area contributed by atoms with E-state index in [9.17, 15) is 9.90 Å². The summed E-state index contributed by atoms with van der Waals surface area (Å²) >= 11 is 7.32. The summed E-state index contributed by atoms with van der Waals surface area (Å²) < 4.78 is -1.13. The van der Waals surface area contributed by atoms with E-state index >= 15 is 0 Å². The van der Waals surface area contributed by atoms with Crippen LogP contribution in [0.4, 0.5) is 4.79 Å². The van der Waals surface area contributed by atoms with Gasteiger partial charge < -0.3 is 15.6 Å². The van der Waals surface area contributed by atoms with Crippen LogP contribution in [0.2, 0.25) is 0 Å². The molecule has 1 atom stereocenters. The van der Waals surface area contributed by atoms with Gasteiger partial charge in [-0.15, -0.1) is 11.6 Å². The van der Waals surface area contributed by atoms with Gasteiger partial charge in [0.15, 0.2) is 0 Å². The molecule has 0 aliphatic heterocycles. The molecule has 0 aromatic heterocycles. The fourth-order valence-corrected chi connectivity index (χ4v) is 5.75. The van der Waals surface area contributed by atoms with Crippen LogP contribution in [-0.2, 0) is 4.75 Å². The topological polar surface area (TPSA) is 66.2 Å². The van der Waals surface area contributed by atoms with Crippen LogP contribution in [0.1, 0.15) is 23.1 Å². The number of amides is 1. The Bertz CT molecular complexity index is 860. The summed E-state index contributed by atoms with van der Waals surface area (Å²) in [7, 11) is 0. The van der Waals surface area contributed by atoms with Crippen molar-refractivity contribution >= 4 is 29.6 Å². The molecular formula is C25H27ClN2O2S. The minimum atomic E-state index is -1.16. The molecule has 0 radical (unpaired) electrons. The number of carbonyl (C=O) groups excluding carboxylic acids is 1. The number of rotatable bonds is 10. The van der Waals surface area contributed by atoms with Gasteiger partial charge in [-0.1, -0.05) is 91.0 Å². The Balaban J connectivity index is 2.32. The molecule has 162 valence electrons. The summed E-state index contributed by atoms with van der Waals surface area (Å²) in [6, 6.07) is 30.0. The lowest BCUT2D eigenvalue weighted by Crippen LogP contribution is -2.58. The first-order valence-electron chi connectivity index (χ1n) is 10.3. The predicted molar refractivity (Wildman–Crippen MR) is 127 cm³/mol. The smallest absolute Gasteiger partial charge is 0.269 e. The van der Waals surface area contributed by atoms with Gasteiger partial charge in [0.25, 0.3) is 6.09 Å². The molecule has 1 amide bonds. The standard InChI is InChI=1S/C25H27ClN2O2S/c26-17-10-19-28(20-18-27,24(29)30)31-25(21-11-4-1-5-12-21,22-13-6-2-7-14-22)23-15-8-3-9-16-23/h1-9,11-16H,10,17-20,27H2. The van der Waals surface area contributed by atoms with E-state index in [4.69, 9.17) is 17.3 Å². The third kappa shape index (κ3) is 4.96. The van der Waals surface area contributed by atoms with Gasteiger partial charge in [-0.25, -0.2) is 3.89 Å². The van der Waals surface area contributed by atoms with E-state index in [1.807, 2.05) is 91.0 Å². The lowest BCUT2D eigenvalue weighted by molar-refractivity contribution is -0.746. The molecule has 0 spiro atoms. The number of nitrogens with zero attached hydrogens (tertiary/aromatic N) is 1. The van der Waals surface area contributed by atoms with E-state index in [0.29, 0.717) is 18.8 Å². The zero-order valence-corrected chi connectivity index (χ0v) is 18.9. The highest BCUT2D eigenvalue weighted by Crippen LogP contribution is 2.52. The van der Waals surface area contributed by atoms with Crippen molar-refractivity contribution in [2.75, 3.05) is 25.5 Å². The molecule has 0 saturated carbocycles. The molecule has 31 heavy (non-hydrogen) atoms. The van der Waals surface area contributed by atoms with Crippen LogP contribution in [0, 0.1) is 0 Å². The molecular weight excluding hydrogens is 428 g/mol. The van der Waals surface area contributed by atoms with Gasteiger partial charge in [-0.05, 0) is 16.7 Å². The largest absolute Gasteiger partial charge is 0.497 e. The maximum absolute atomic E-state index is 12.6. The van der Waals surface area contributed by atoms with Gasteiger partial charge in [-0.3, -0.25) is 0 Å². The van der Waals surface area contributed by atoms with Crippen molar-refractivity contribution < 1.29 is 13.8 Å². The van der Waals surface area contributed by atoms with Gasteiger partial charge in [0, 0.05) is 18.8 Å². The number of alkyl halides is 1. The summed E-state index contributed by atoms with van der Waals surface area (Å²) in [5.74, 6) is 0.368. The normalized spacial score (nSPS) is 13.5. The average Bonchev–Trinajstić information content (AvgIpc) is 2.82. The summed E-state index contributed by atoms with van der Waals surface area (Å²) in [6.07, 6.45) is -0.621.